The van der Waals surface area contributed by atoms with Gasteiger partial charge in [-0.2, -0.15) is 4.39 Å². The molecular formula is C12H16FNO2. The number of hydrogen-bond donors (Lipinski definition) is 0. The monoisotopic (exact) mass is 225 g/mol. The Labute approximate surface area is 94.6 Å². The predicted molar refractivity (Wildman–Crippen MR) is 58.5 cm³/mol. The second-order valence-electron chi connectivity index (χ2n) is 3.86. The van der Waals surface area contributed by atoms with Crippen LogP contribution in [0.4, 0.5) is 4.39 Å². The van der Waals surface area contributed by atoms with Crippen molar-refractivity contribution in [2.45, 2.75) is 26.7 Å². The Balaban J connectivity index is 2.47. The molecule has 0 bridgehead atoms. The van der Waals surface area contributed by atoms with Crippen molar-refractivity contribution in [2.24, 2.45) is 5.92 Å². The Morgan fingerprint density at radius 2 is 2.38 bits per heavy atom. The summed E-state index contributed by atoms with van der Waals surface area (Å²) in [5.74, 6) is -0.832. The fourth-order valence-electron chi connectivity index (χ4n) is 1.41. The fraction of sp³-hybridized carbons (Fsp3) is 0.500. The van der Waals surface area contributed by atoms with Gasteiger partial charge in [-0.05, 0) is 18.4 Å². The lowest BCUT2D eigenvalue weighted by molar-refractivity contribution is 0.0443. The van der Waals surface area contributed by atoms with Gasteiger partial charge < -0.3 is 4.74 Å². The molecule has 3 nitrogen and oxygen atoms in total. The summed E-state index contributed by atoms with van der Waals surface area (Å²) in [6.07, 6.45) is 3.32. The van der Waals surface area contributed by atoms with Crippen LogP contribution in [0.1, 0.15) is 37.0 Å². The standard InChI is InChI=1S/C12H16FNO2/c1-3-4-9(2)8-16-12(15)10-5-6-14-11(13)7-10/h5-7,9H,3-4,8H2,1-2H3. The van der Waals surface area contributed by atoms with E-state index in [1.807, 2.05) is 6.92 Å². The maximum Gasteiger partial charge on any atom is 0.338 e. The molecule has 1 rings (SSSR count). The van der Waals surface area contributed by atoms with E-state index in [-0.39, 0.29) is 5.56 Å². The van der Waals surface area contributed by atoms with E-state index < -0.39 is 11.9 Å². The summed E-state index contributed by atoms with van der Waals surface area (Å²) < 4.78 is 17.8. The van der Waals surface area contributed by atoms with Crippen molar-refractivity contribution in [3.05, 3.63) is 29.8 Å². The number of pyridine rings is 1. The van der Waals surface area contributed by atoms with Crippen LogP contribution in [0.15, 0.2) is 18.3 Å². The zero-order valence-electron chi connectivity index (χ0n) is 9.57. The van der Waals surface area contributed by atoms with E-state index in [2.05, 4.69) is 11.9 Å². The summed E-state index contributed by atoms with van der Waals surface area (Å²) in [6, 6.07) is 2.52. The Morgan fingerprint density at radius 3 is 3.00 bits per heavy atom. The molecule has 1 aromatic heterocycles. The number of hydrogen-bond acceptors (Lipinski definition) is 3. The largest absolute Gasteiger partial charge is 0.462 e. The molecule has 1 atom stereocenters. The van der Waals surface area contributed by atoms with Crippen LogP contribution < -0.4 is 0 Å². The van der Waals surface area contributed by atoms with Gasteiger partial charge in [-0.3, -0.25) is 0 Å². The summed E-state index contributed by atoms with van der Waals surface area (Å²) in [7, 11) is 0. The molecule has 0 amide bonds. The lowest BCUT2D eigenvalue weighted by atomic mass is 10.1. The molecule has 0 N–H and O–H groups in total. The summed E-state index contributed by atoms with van der Waals surface area (Å²) in [6.45, 7) is 4.47. The Kier molecular flexibility index (Phi) is 4.89. The number of esters is 1. The van der Waals surface area contributed by atoms with Crippen LogP contribution in [0, 0.1) is 11.9 Å². The Hall–Kier alpha value is -1.45. The third-order valence-corrected chi connectivity index (χ3v) is 2.24. The van der Waals surface area contributed by atoms with Gasteiger partial charge >= 0.3 is 5.97 Å². The zero-order chi connectivity index (χ0) is 12.0. The number of aromatic nitrogens is 1. The molecule has 1 aromatic rings. The Morgan fingerprint density at radius 1 is 1.62 bits per heavy atom. The predicted octanol–water partition coefficient (Wildman–Crippen LogP) is 2.81. The van der Waals surface area contributed by atoms with Crippen molar-refractivity contribution in [3.8, 4) is 0 Å². The minimum atomic E-state index is -0.670. The van der Waals surface area contributed by atoms with Crippen molar-refractivity contribution in [1.29, 1.82) is 0 Å². The van der Waals surface area contributed by atoms with E-state index in [0.717, 1.165) is 18.9 Å². The third kappa shape index (κ3) is 3.96. The molecule has 0 radical (unpaired) electrons. The molecule has 4 heteroatoms. The number of ether oxygens (including phenoxy) is 1. The molecule has 16 heavy (non-hydrogen) atoms. The van der Waals surface area contributed by atoms with Crippen molar-refractivity contribution >= 4 is 5.97 Å². The van der Waals surface area contributed by atoms with E-state index in [0.29, 0.717) is 12.5 Å². The van der Waals surface area contributed by atoms with Crippen molar-refractivity contribution in [2.75, 3.05) is 6.61 Å². The maximum atomic E-state index is 12.7. The van der Waals surface area contributed by atoms with E-state index in [4.69, 9.17) is 4.74 Å². The van der Waals surface area contributed by atoms with Gasteiger partial charge in [-0.15, -0.1) is 0 Å². The molecule has 0 fully saturated rings. The van der Waals surface area contributed by atoms with Gasteiger partial charge in [-0.1, -0.05) is 20.3 Å². The quantitative estimate of drug-likeness (QED) is 0.571. The molecule has 0 saturated heterocycles. The molecule has 1 unspecified atom stereocenters. The lowest BCUT2D eigenvalue weighted by Crippen LogP contribution is -2.12. The van der Waals surface area contributed by atoms with Gasteiger partial charge in [-0.25, -0.2) is 9.78 Å². The number of rotatable bonds is 5. The van der Waals surface area contributed by atoms with Crippen molar-refractivity contribution in [3.63, 3.8) is 0 Å². The summed E-state index contributed by atoms with van der Waals surface area (Å²) >= 11 is 0. The molecule has 0 aromatic carbocycles. The van der Waals surface area contributed by atoms with Crippen LogP contribution >= 0.6 is 0 Å². The number of carbonyl (C=O) groups is 1. The second kappa shape index (κ2) is 6.20. The number of nitrogens with zero attached hydrogens (tertiary/aromatic N) is 1. The first-order valence-electron chi connectivity index (χ1n) is 5.42. The van der Waals surface area contributed by atoms with Gasteiger partial charge in [0.15, 0.2) is 0 Å². The highest BCUT2D eigenvalue weighted by Gasteiger charge is 2.10. The molecule has 0 aliphatic heterocycles. The van der Waals surface area contributed by atoms with Crippen LogP contribution in [0.2, 0.25) is 0 Å². The SMILES string of the molecule is CCCC(C)COC(=O)c1ccnc(F)c1. The van der Waals surface area contributed by atoms with Gasteiger partial charge in [0.1, 0.15) is 0 Å². The van der Waals surface area contributed by atoms with E-state index in [1.165, 1.54) is 12.3 Å². The molecule has 0 aliphatic rings. The number of carbonyl (C=O) groups excluding carboxylic acids is 1. The molecule has 0 aliphatic carbocycles. The third-order valence-electron chi connectivity index (χ3n) is 2.24. The molecule has 0 saturated carbocycles. The smallest absolute Gasteiger partial charge is 0.338 e. The summed E-state index contributed by atoms with van der Waals surface area (Å²) in [5.41, 5.74) is 0.205. The average molecular weight is 225 g/mol. The second-order valence-corrected chi connectivity index (χ2v) is 3.86. The van der Waals surface area contributed by atoms with Crippen LogP contribution in [0.25, 0.3) is 0 Å². The van der Waals surface area contributed by atoms with Crippen LogP contribution in [-0.2, 0) is 4.74 Å². The lowest BCUT2D eigenvalue weighted by Gasteiger charge is -2.10. The first-order chi connectivity index (χ1) is 7.63. The highest BCUT2D eigenvalue weighted by molar-refractivity contribution is 5.89. The first kappa shape index (κ1) is 12.6. The fourth-order valence-corrected chi connectivity index (χ4v) is 1.41. The molecule has 88 valence electrons. The van der Waals surface area contributed by atoms with Crippen molar-refractivity contribution in [1.82, 2.24) is 4.98 Å². The van der Waals surface area contributed by atoms with E-state index in [1.54, 1.807) is 0 Å². The van der Waals surface area contributed by atoms with Crippen LogP contribution in [0.3, 0.4) is 0 Å². The van der Waals surface area contributed by atoms with Gasteiger partial charge in [0, 0.05) is 12.3 Å². The minimum Gasteiger partial charge on any atom is -0.462 e. The van der Waals surface area contributed by atoms with Crippen molar-refractivity contribution < 1.29 is 13.9 Å². The first-order valence-corrected chi connectivity index (χ1v) is 5.42. The summed E-state index contributed by atoms with van der Waals surface area (Å²) in [5, 5.41) is 0. The molecule has 0 spiro atoms. The van der Waals surface area contributed by atoms with Crippen LogP contribution in [0.5, 0.6) is 0 Å². The summed E-state index contributed by atoms with van der Waals surface area (Å²) in [4.78, 5) is 14.9. The minimum absolute atomic E-state index is 0.205. The van der Waals surface area contributed by atoms with Gasteiger partial charge in [0.25, 0.3) is 0 Å². The Bertz CT molecular complexity index is 355. The molecular weight excluding hydrogens is 209 g/mol. The van der Waals surface area contributed by atoms with Gasteiger partial charge in [0.05, 0.1) is 12.2 Å². The highest BCUT2D eigenvalue weighted by atomic mass is 19.1. The van der Waals surface area contributed by atoms with E-state index >= 15 is 0 Å². The van der Waals surface area contributed by atoms with Gasteiger partial charge in [0.2, 0.25) is 5.95 Å². The number of halogens is 1. The molecule has 1 heterocycles. The van der Waals surface area contributed by atoms with Crippen LogP contribution in [-0.4, -0.2) is 17.6 Å². The highest BCUT2D eigenvalue weighted by Crippen LogP contribution is 2.08. The topological polar surface area (TPSA) is 39.2 Å². The maximum absolute atomic E-state index is 12.7. The zero-order valence-corrected chi connectivity index (χ0v) is 9.57. The van der Waals surface area contributed by atoms with E-state index in [9.17, 15) is 9.18 Å². The normalized spacial score (nSPS) is 12.2. The average Bonchev–Trinajstić information content (AvgIpc) is 2.26.